The van der Waals surface area contributed by atoms with Crippen molar-refractivity contribution in [1.82, 2.24) is 25.1 Å². The highest BCUT2D eigenvalue weighted by Gasteiger charge is 2.27. The summed E-state index contributed by atoms with van der Waals surface area (Å²) in [5, 5.41) is 3.00. The molecule has 2 N–H and O–H groups in total. The van der Waals surface area contributed by atoms with E-state index in [4.69, 9.17) is 0 Å². The molecule has 2 fully saturated rings. The molecule has 2 aliphatic heterocycles. The van der Waals surface area contributed by atoms with E-state index in [1.165, 1.54) is 24.6 Å². The summed E-state index contributed by atoms with van der Waals surface area (Å²) in [5.74, 6) is 3.43. The summed E-state index contributed by atoms with van der Waals surface area (Å²) in [6.45, 7) is 4.81. The third-order valence-corrected chi connectivity index (χ3v) is 5.45. The second-order valence-electron chi connectivity index (χ2n) is 5.88. The van der Waals surface area contributed by atoms with Crippen LogP contribution in [0.5, 0.6) is 0 Å². The topological polar surface area (TPSA) is 64.3 Å². The number of nitrogens with zero attached hydrogens (tertiary/aromatic N) is 3. The molecule has 0 atom stereocenters. The number of nitrogens with one attached hydrogen (secondary N) is 2. The van der Waals surface area contributed by atoms with Crippen LogP contribution >= 0.6 is 11.8 Å². The van der Waals surface area contributed by atoms with Crippen LogP contribution in [0.3, 0.4) is 0 Å². The number of carbonyl (C=O) groups excluding carboxylic acids is 1. The number of likely N-dealkylation sites (tertiary alicyclic amines) is 1. The van der Waals surface area contributed by atoms with E-state index < -0.39 is 0 Å². The molecule has 2 saturated heterocycles. The van der Waals surface area contributed by atoms with Gasteiger partial charge in [-0.25, -0.2) is 9.78 Å². The molecule has 2 aliphatic rings. The Bertz CT molecular complexity index is 453. The Labute approximate surface area is 136 Å². The van der Waals surface area contributed by atoms with E-state index in [1.54, 1.807) is 12.4 Å². The minimum absolute atomic E-state index is 0.0687. The van der Waals surface area contributed by atoms with Crippen molar-refractivity contribution in [3.05, 3.63) is 18.2 Å². The van der Waals surface area contributed by atoms with Crippen LogP contribution in [-0.2, 0) is 6.42 Å². The van der Waals surface area contributed by atoms with Gasteiger partial charge in [-0.15, -0.1) is 0 Å². The van der Waals surface area contributed by atoms with Gasteiger partial charge in [0, 0.05) is 69.1 Å². The number of H-pyrrole nitrogens is 1. The summed E-state index contributed by atoms with van der Waals surface area (Å²) < 4.78 is 0. The van der Waals surface area contributed by atoms with Gasteiger partial charge in [-0.3, -0.25) is 4.90 Å². The zero-order valence-corrected chi connectivity index (χ0v) is 13.8. The molecule has 122 valence electrons. The smallest absolute Gasteiger partial charge is 0.317 e. The minimum atomic E-state index is 0.0687. The van der Waals surface area contributed by atoms with Crippen molar-refractivity contribution in [1.29, 1.82) is 0 Å². The summed E-state index contributed by atoms with van der Waals surface area (Å²) in [5.41, 5.74) is 0. The van der Waals surface area contributed by atoms with Gasteiger partial charge in [-0.05, 0) is 12.8 Å². The predicted octanol–water partition coefficient (Wildman–Crippen LogP) is 1.17. The third kappa shape index (κ3) is 4.16. The Kier molecular flexibility index (Phi) is 5.61. The highest BCUT2D eigenvalue weighted by molar-refractivity contribution is 7.99. The Morgan fingerprint density at radius 3 is 2.77 bits per heavy atom. The fraction of sp³-hybridized carbons (Fsp3) is 0.733. The molecule has 0 radical (unpaired) electrons. The molecule has 0 spiro atoms. The Hall–Kier alpha value is -1.21. The SMILES string of the molecule is O=C(NCCc1ncc[nH]1)N1CCC(N2CCSCC2)CC1. The molecule has 22 heavy (non-hydrogen) atoms. The van der Waals surface area contributed by atoms with Gasteiger partial charge in [0.2, 0.25) is 0 Å². The zero-order valence-electron chi connectivity index (χ0n) is 13.0. The van der Waals surface area contributed by atoms with Gasteiger partial charge in [-0.1, -0.05) is 0 Å². The number of rotatable bonds is 4. The summed E-state index contributed by atoms with van der Waals surface area (Å²) in [6.07, 6.45) is 6.51. The fourth-order valence-corrected chi connectivity index (χ4v) is 4.14. The lowest BCUT2D eigenvalue weighted by atomic mass is 10.0. The molecule has 3 rings (SSSR count). The van der Waals surface area contributed by atoms with Crippen molar-refractivity contribution in [3.8, 4) is 0 Å². The standard InChI is InChI=1S/C15H25N5OS/c21-15(18-4-1-14-16-5-6-17-14)20-7-2-13(3-8-20)19-9-11-22-12-10-19/h5-6,13H,1-4,7-12H2,(H,16,17)(H,18,21). The number of aromatic nitrogens is 2. The van der Waals surface area contributed by atoms with Crippen molar-refractivity contribution >= 4 is 17.8 Å². The van der Waals surface area contributed by atoms with Crippen LogP contribution in [0.4, 0.5) is 4.79 Å². The highest BCUT2D eigenvalue weighted by atomic mass is 32.2. The zero-order chi connectivity index (χ0) is 15.2. The quantitative estimate of drug-likeness (QED) is 0.873. The van der Waals surface area contributed by atoms with E-state index in [9.17, 15) is 4.79 Å². The molecule has 6 nitrogen and oxygen atoms in total. The van der Waals surface area contributed by atoms with Gasteiger partial charge in [0.05, 0.1) is 0 Å². The van der Waals surface area contributed by atoms with Crippen LogP contribution in [-0.4, -0.2) is 76.1 Å². The second kappa shape index (κ2) is 7.87. The Morgan fingerprint density at radius 2 is 2.09 bits per heavy atom. The lowest BCUT2D eigenvalue weighted by molar-refractivity contribution is 0.124. The molecule has 7 heteroatoms. The number of hydrogen-bond donors (Lipinski definition) is 2. The molecule has 0 aromatic carbocycles. The van der Waals surface area contributed by atoms with Crippen molar-refractivity contribution < 1.29 is 4.79 Å². The van der Waals surface area contributed by atoms with Crippen LogP contribution in [0.1, 0.15) is 18.7 Å². The summed E-state index contributed by atoms with van der Waals surface area (Å²) in [4.78, 5) is 24.0. The van der Waals surface area contributed by atoms with Gasteiger partial charge in [0.15, 0.2) is 0 Å². The van der Waals surface area contributed by atoms with E-state index in [1.807, 2.05) is 4.90 Å². The second-order valence-corrected chi connectivity index (χ2v) is 7.11. The monoisotopic (exact) mass is 323 g/mol. The molecule has 0 aliphatic carbocycles. The number of piperidine rings is 1. The van der Waals surface area contributed by atoms with Crippen LogP contribution in [0.2, 0.25) is 0 Å². The first kappa shape index (κ1) is 15.7. The van der Waals surface area contributed by atoms with E-state index in [2.05, 4.69) is 31.9 Å². The molecule has 1 aromatic rings. The van der Waals surface area contributed by atoms with Gasteiger partial charge in [0.25, 0.3) is 0 Å². The maximum absolute atomic E-state index is 12.2. The molecule has 2 amide bonds. The lowest BCUT2D eigenvalue weighted by Crippen LogP contribution is -2.51. The predicted molar refractivity (Wildman–Crippen MR) is 89.2 cm³/mol. The highest BCUT2D eigenvalue weighted by Crippen LogP contribution is 2.20. The van der Waals surface area contributed by atoms with Crippen LogP contribution in [0.25, 0.3) is 0 Å². The lowest BCUT2D eigenvalue weighted by Gasteiger charge is -2.40. The Morgan fingerprint density at radius 1 is 1.32 bits per heavy atom. The van der Waals surface area contributed by atoms with E-state index >= 15 is 0 Å². The van der Waals surface area contributed by atoms with Gasteiger partial charge in [0.1, 0.15) is 5.82 Å². The fourth-order valence-electron chi connectivity index (χ4n) is 3.21. The third-order valence-electron chi connectivity index (χ3n) is 4.51. The summed E-state index contributed by atoms with van der Waals surface area (Å²) >= 11 is 2.05. The molecule has 0 saturated carbocycles. The van der Waals surface area contributed by atoms with Crippen LogP contribution < -0.4 is 5.32 Å². The first-order chi connectivity index (χ1) is 10.8. The first-order valence-corrected chi connectivity index (χ1v) is 9.31. The molecule has 3 heterocycles. The normalized spacial score (nSPS) is 21.0. The van der Waals surface area contributed by atoms with E-state index in [-0.39, 0.29) is 6.03 Å². The molecular weight excluding hydrogens is 298 g/mol. The maximum atomic E-state index is 12.2. The summed E-state index contributed by atoms with van der Waals surface area (Å²) in [7, 11) is 0. The molecular formula is C15H25N5OS. The summed E-state index contributed by atoms with van der Waals surface area (Å²) in [6, 6.07) is 0.743. The van der Waals surface area contributed by atoms with Gasteiger partial charge in [-0.2, -0.15) is 11.8 Å². The molecule has 0 bridgehead atoms. The average molecular weight is 323 g/mol. The van der Waals surface area contributed by atoms with Crippen LogP contribution in [0, 0.1) is 0 Å². The number of hydrogen-bond acceptors (Lipinski definition) is 4. The number of thioether (sulfide) groups is 1. The number of imidazole rings is 1. The van der Waals surface area contributed by atoms with Gasteiger partial charge < -0.3 is 15.2 Å². The molecule has 0 unspecified atom stereocenters. The number of aromatic amines is 1. The van der Waals surface area contributed by atoms with Crippen molar-refractivity contribution in [2.75, 3.05) is 44.2 Å². The van der Waals surface area contributed by atoms with Crippen molar-refractivity contribution in [2.24, 2.45) is 0 Å². The van der Waals surface area contributed by atoms with Crippen molar-refractivity contribution in [2.45, 2.75) is 25.3 Å². The number of amides is 2. The van der Waals surface area contributed by atoms with E-state index in [0.717, 1.165) is 38.2 Å². The number of urea groups is 1. The maximum Gasteiger partial charge on any atom is 0.317 e. The largest absolute Gasteiger partial charge is 0.349 e. The average Bonchev–Trinajstić information content (AvgIpc) is 3.09. The van der Waals surface area contributed by atoms with Crippen LogP contribution in [0.15, 0.2) is 12.4 Å². The Balaban J connectivity index is 1.36. The number of carbonyl (C=O) groups is 1. The van der Waals surface area contributed by atoms with Gasteiger partial charge >= 0.3 is 6.03 Å². The first-order valence-electron chi connectivity index (χ1n) is 8.16. The van der Waals surface area contributed by atoms with Crippen molar-refractivity contribution in [3.63, 3.8) is 0 Å². The minimum Gasteiger partial charge on any atom is -0.349 e. The van der Waals surface area contributed by atoms with E-state index in [0.29, 0.717) is 12.6 Å². The molecule has 1 aromatic heterocycles.